The van der Waals surface area contributed by atoms with E-state index in [4.69, 9.17) is 5.11 Å². The molecule has 0 aliphatic carbocycles. The number of carboxylic acid groups (broad SMARTS) is 1. The highest BCUT2D eigenvalue weighted by molar-refractivity contribution is 8.06. The predicted octanol–water partition coefficient (Wildman–Crippen LogP) is 4.31. The fourth-order valence-corrected chi connectivity index (χ4v) is 4.47. The summed E-state index contributed by atoms with van der Waals surface area (Å²) in [5, 5.41) is 12.6. The Labute approximate surface area is 227 Å². The van der Waals surface area contributed by atoms with Crippen molar-refractivity contribution in [3.8, 4) is 0 Å². The Bertz CT molecular complexity index is 1330. The number of aryl methyl sites for hydroxylation is 1. The molecule has 1 atom stereocenters. The number of benzene rings is 2. The Morgan fingerprint density at radius 1 is 1.00 bits per heavy atom. The molecule has 0 saturated carbocycles. The molecule has 1 unspecified atom stereocenters. The highest BCUT2D eigenvalue weighted by Crippen LogP contribution is 2.15. The monoisotopic (exact) mass is 557 g/mol. The molecule has 39 heavy (non-hydrogen) atoms. The van der Waals surface area contributed by atoms with E-state index in [2.05, 4.69) is 15.6 Å². The van der Waals surface area contributed by atoms with Gasteiger partial charge in [0.25, 0.3) is 15.7 Å². The van der Waals surface area contributed by atoms with Gasteiger partial charge in [0, 0.05) is 30.0 Å². The summed E-state index contributed by atoms with van der Waals surface area (Å²) < 4.78 is 37.9. The van der Waals surface area contributed by atoms with Crippen LogP contribution in [-0.2, 0) is 21.1 Å². The van der Waals surface area contributed by atoms with E-state index in [1.54, 1.807) is 25.3 Å². The second kappa shape index (κ2) is 15.3. The molecule has 208 valence electrons. The van der Waals surface area contributed by atoms with Crippen LogP contribution in [0.25, 0.3) is 0 Å². The van der Waals surface area contributed by atoms with Gasteiger partial charge in [0.2, 0.25) is 0 Å². The number of hydrogen-bond donors (Lipinski definition) is 3. The van der Waals surface area contributed by atoms with Gasteiger partial charge < -0.3 is 15.7 Å². The fourth-order valence-electron chi connectivity index (χ4n) is 3.44. The highest BCUT2D eigenvalue weighted by atomic mass is 32.2. The Morgan fingerprint density at radius 2 is 1.67 bits per heavy atom. The second-order valence-corrected chi connectivity index (χ2v) is 10.5. The molecule has 1 aromatic heterocycles. The lowest BCUT2D eigenvalue weighted by Crippen LogP contribution is -2.39. The van der Waals surface area contributed by atoms with Gasteiger partial charge in [-0.2, -0.15) is 0 Å². The molecule has 0 saturated heterocycles. The third-order valence-electron chi connectivity index (χ3n) is 5.48. The molecule has 0 aliphatic heterocycles. The van der Waals surface area contributed by atoms with Gasteiger partial charge >= 0.3 is 11.2 Å². The standard InChI is InChI=1S/C22H25FN2O6S.C6H7N/c1-2-3-18(14-20(26)27)25-22(29)32(30,31)19-10-6-16(7-11-19)21(28)24-13-12-15-4-8-17(23)9-5-15;1-6-4-2-3-5-7-6/h4-11,18H,2-3,12-14H2,1H3,(H,24,28)(H,25,29)(H,26,27);2-5H,1H3. The van der Waals surface area contributed by atoms with Crippen molar-refractivity contribution in [3.63, 3.8) is 0 Å². The van der Waals surface area contributed by atoms with Gasteiger partial charge in [0.05, 0.1) is 11.3 Å². The number of carboxylic acids is 1. The predicted molar refractivity (Wildman–Crippen MR) is 145 cm³/mol. The van der Waals surface area contributed by atoms with E-state index >= 15 is 0 Å². The first kappa shape index (κ1) is 31.1. The van der Waals surface area contributed by atoms with Crippen LogP contribution in [0.4, 0.5) is 9.18 Å². The van der Waals surface area contributed by atoms with Crippen molar-refractivity contribution in [1.82, 2.24) is 15.6 Å². The van der Waals surface area contributed by atoms with E-state index in [9.17, 15) is 27.2 Å². The summed E-state index contributed by atoms with van der Waals surface area (Å²) in [5.74, 6) is -1.91. The normalized spacial score (nSPS) is 11.5. The van der Waals surface area contributed by atoms with Gasteiger partial charge in [0.15, 0.2) is 0 Å². The van der Waals surface area contributed by atoms with E-state index in [1.165, 1.54) is 24.3 Å². The Kier molecular flexibility index (Phi) is 12.2. The molecule has 1 heterocycles. The number of nitrogens with one attached hydrogen (secondary N) is 2. The molecule has 0 radical (unpaired) electrons. The smallest absolute Gasteiger partial charge is 0.341 e. The zero-order chi connectivity index (χ0) is 28.8. The molecule has 0 bridgehead atoms. The van der Waals surface area contributed by atoms with Crippen LogP contribution in [0.1, 0.15) is 47.8 Å². The summed E-state index contributed by atoms with van der Waals surface area (Å²) >= 11 is 0. The zero-order valence-electron chi connectivity index (χ0n) is 21.8. The van der Waals surface area contributed by atoms with E-state index in [0.717, 1.165) is 23.4 Å². The van der Waals surface area contributed by atoms with E-state index in [-0.39, 0.29) is 22.7 Å². The first-order valence-corrected chi connectivity index (χ1v) is 13.8. The van der Waals surface area contributed by atoms with Gasteiger partial charge in [-0.05, 0) is 73.9 Å². The van der Waals surface area contributed by atoms with Crippen LogP contribution in [0.15, 0.2) is 77.8 Å². The molecule has 3 aromatic rings. The number of sulfone groups is 1. The van der Waals surface area contributed by atoms with E-state index in [0.29, 0.717) is 25.8 Å². The summed E-state index contributed by atoms with van der Waals surface area (Å²) in [6.07, 6.45) is 2.79. The number of carbonyl (C=O) groups excluding carboxylic acids is 2. The molecule has 0 fully saturated rings. The maximum atomic E-state index is 12.9. The van der Waals surface area contributed by atoms with Crippen LogP contribution in [0.3, 0.4) is 0 Å². The molecule has 2 amide bonds. The number of aromatic nitrogens is 1. The van der Waals surface area contributed by atoms with Crippen LogP contribution >= 0.6 is 0 Å². The van der Waals surface area contributed by atoms with Crippen LogP contribution in [0.5, 0.6) is 0 Å². The van der Waals surface area contributed by atoms with Crippen LogP contribution < -0.4 is 10.6 Å². The number of amides is 2. The van der Waals surface area contributed by atoms with Crippen molar-refractivity contribution >= 4 is 27.0 Å². The summed E-state index contributed by atoms with van der Waals surface area (Å²) in [4.78, 5) is 39.1. The molecule has 11 heteroatoms. The largest absolute Gasteiger partial charge is 0.481 e. The lowest BCUT2D eigenvalue weighted by molar-refractivity contribution is -0.137. The maximum Gasteiger partial charge on any atom is 0.341 e. The van der Waals surface area contributed by atoms with Crippen molar-refractivity contribution in [2.24, 2.45) is 0 Å². The van der Waals surface area contributed by atoms with Crippen LogP contribution in [0, 0.1) is 12.7 Å². The van der Waals surface area contributed by atoms with Gasteiger partial charge in [-0.15, -0.1) is 0 Å². The summed E-state index contributed by atoms with van der Waals surface area (Å²) in [7, 11) is -4.39. The summed E-state index contributed by atoms with van der Waals surface area (Å²) in [6.45, 7) is 4.06. The van der Waals surface area contributed by atoms with Gasteiger partial charge in [-0.1, -0.05) is 31.5 Å². The number of hydrogen-bond acceptors (Lipinski definition) is 6. The molecular weight excluding hydrogens is 525 g/mol. The molecule has 3 rings (SSSR count). The molecule has 2 aromatic carbocycles. The van der Waals surface area contributed by atoms with Gasteiger partial charge in [-0.25, -0.2) is 12.8 Å². The molecule has 0 aliphatic rings. The minimum atomic E-state index is -4.39. The molecular formula is C28H32FN3O6S. The minimum absolute atomic E-state index is 0.207. The number of nitrogens with zero attached hydrogens (tertiary/aromatic N) is 1. The number of aliphatic carboxylic acids is 1. The third-order valence-corrected chi connectivity index (χ3v) is 6.98. The number of halogens is 1. The van der Waals surface area contributed by atoms with Gasteiger partial charge in [0.1, 0.15) is 5.82 Å². The Balaban J connectivity index is 0.000000658. The number of rotatable bonds is 10. The SMILES string of the molecule is CCCC(CC(=O)O)NC(=O)S(=O)(=O)c1ccc(C(=O)NCCc2ccc(F)cc2)cc1.Cc1ccccn1. The number of pyridine rings is 1. The van der Waals surface area contributed by atoms with Crippen molar-refractivity contribution in [3.05, 3.63) is 95.6 Å². The number of carbonyl (C=O) groups is 3. The summed E-state index contributed by atoms with van der Waals surface area (Å²) in [5.41, 5.74) is 2.13. The topological polar surface area (TPSA) is 143 Å². The van der Waals surface area contributed by atoms with Crippen LogP contribution in [-0.4, -0.2) is 48.2 Å². The van der Waals surface area contributed by atoms with Crippen molar-refractivity contribution in [1.29, 1.82) is 0 Å². The lowest BCUT2D eigenvalue weighted by atomic mass is 10.1. The Hall–Kier alpha value is -4.12. The lowest BCUT2D eigenvalue weighted by Gasteiger charge is -2.16. The van der Waals surface area contributed by atoms with Crippen molar-refractivity contribution < 1.29 is 32.3 Å². The first-order chi connectivity index (χ1) is 18.5. The zero-order valence-corrected chi connectivity index (χ0v) is 22.6. The average Bonchev–Trinajstić information content (AvgIpc) is 2.90. The second-order valence-electron chi connectivity index (χ2n) is 8.65. The average molecular weight is 558 g/mol. The van der Waals surface area contributed by atoms with E-state index < -0.39 is 33.0 Å². The first-order valence-electron chi connectivity index (χ1n) is 12.3. The molecule has 3 N–H and O–H groups in total. The van der Waals surface area contributed by atoms with Gasteiger partial charge in [-0.3, -0.25) is 19.4 Å². The molecule has 9 nitrogen and oxygen atoms in total. The van der Waals surface area contributed by atoms with Crippen molar-refractivity contribution in [2.75, 3.05) is 6.54 Å². The maximum absolute atomic E-state index is 12.9. The third kappa shape index (κ3) is 10.6. The molecule has 0 spiro atoms. The summed E-state index contributed by atoms with van der Waals surface area (Å²) in [6, 6.07) is 15.8. The van der Waals surface area contributed by atoms with Crippen molar-refractivity contribution in [2.45, 2.75) is 50.5 Å². The fraction of sp³-hybridized carbons (Fsp3) is 0.286. The quantitative estimate of drug-likeness (QED) is 0.337. The highest BCUT2D eigenvalue weighted by Gasteiger charge is 2.28. The van der Waals surface area contributed by atoms with E-state index in [1.807, 2.05) is 25.1 Å². The Morgan fingerprint density at radius 3 is 2.18 bits per heavy atom. The van der Waals surface area contributed by atoms with Crippen LogP contribution in [0.2, 0.25) is 0 Å². The minimum Gasteiger partial charge on any atom is -0.481 e.